The highest BCUT2D eigenvalue weighted by Crippen LogP contribution is 2.26. The Morgan fingerprint density at radius 3 is 2.58 bits per heavy atom. The molecule has 0 radical (unpaired) electrons. The van der Waals surface area contributed by atoms with Crippen LogP contribution >= 0.6 is 0 Å². The Labute approximate surface area is 115 Å². The van der Waals surface area contributed by atoms with E-state index in [4.69, 9.17) is 5.73 Å². The summed E-state index contributed by atoms with van der Waals surface area (Å²) in [5.74, 6) is 0.614. The highest BCUT2D eigenvalue weighted by Gasteiger charge is 2.30. The van der Waals surface area contributed by atoms with Crippen LogP contribution in [0.4, 0.5) is 5.69 Å². The summed E-state index contributed by atoms with van der Waals surface area (Å²) in [6.07, 6.45) is 4.07. The maximum Gasteiger partial charge on any atom is 0.229 e. The monoisotopic (exact) mass is 260 g/mol. The van der Waals surface area contributed by atoms with Crippen molar-refractivity contribution in [3.8, 4) is 0 Å². The first-order valence-electron chi connectivity index (χ1n) is 7.28. The average Bonchev–Trinajstić information content (AvgIpc) is 2.85. The van der Waals surface area contributed by atoms with E-state index in [1.54, 1.807) is 0 Å². The first-order chi connectivity index (χ1) is 9.11. The standard InChI is InChI=1S/C16H24N2O/c1-3-11(2)12-7-9-13(10-8-12)18-16(19)14-5-4-6-15(14)17/h7-11,14-15H,3-6,17H2,1-2H3,(H,18,19). The third kappa shape index (κ3) is 3.35. The maximum atomic E-state index is 12.1. The number of hydrogen-bond acceptors (Lipinski definition) is 2. The fourth-order valence-corrected chi connectivity index (χ4v) is 2.68. The molecule has 0 spiro atoms. The van der Waals surface area contributed by atoms with Gasteiger partial charge in [0.2, 0.25) is 5.91 Å². The quantitative estimate of drug-likeness (QED) is 0.873. The van der Waals surface area contributed by atoms with Gasteiger partial charge in [0.25, 0.3) is 0 Å². The Balaban J connectivity index is 1.97. The zero-order valence-corrected chi connectivity index (χ0v) is 11.9. The lowest BCUT2D eigenvalue weighted by Crippen LogP contribution is -2.34. The molecule has 0 bridgehead atoms. The van der Waals surface area contributed by atoms with Crippen LogP contribution in [0.1, 0.15) is 51.0 Å². The summed E-state index contributed by atoms with van der Waals surface area (Å²) in [4.78, 5) is 12.1. The highest BCUT2D eigenvalue weighted by atomic mass is 16.1. The van der Waals surface area contributed by atoms with Crippen LogP contribution in [0.3, 0.4) is 0 Å². The summed E-state index contributed by atoms with van der Waals surface area (Å²) in [5.41, 5.74) is 8.14. The average molecular weight is 260 g/mol. The minimum atomic E-state index is -0.0192. The zero-order chi connectivity index (χ0) is 13.8. The number of nitrogens with one attached hydrogen (secondary N) is 1. The van der Waals surface area contributed by atoms with Gasteiger partial charge in [-0.2, -0.15) is 0 Å². The van der Waals surface area contributed by atoms with Gasteiger partial charge < -0.3 is 11.1 Å². The van der Waals surface area contributed by atoms with Gasteiger partial charge in [0, 0.05) is 11.7 Å². The van der Waals surface area contributed by atoms with Crippen molar-refractivity contribution in [3.63, 3.8) is 0 Å². The summed E-state index contributed by atoms with van der Waals surface area (Å²) < 4.78 is 0. The molecule has 3 atom stereocenters. The molecule has 3 N–H and O–H groups in total. The fraction of sp³-hybridized carbons (Fsp3) is 0.562. The molecule has 1 fully saturated rings. The number of nitrogens with two attached hydrogens (primary N) is 1. The number of hydrogen-bond donors (Lipinski definition) is 2. The van der Waals surface area contributed by atoms with E-state index in [9.17, 15) is 4.79 Å². The van der Waals surface area contributed by atoms with E-state index in [1.165, 1.54) is 5.56 Å². The van der Waals surface area contributed by atoms with Gasteiger partial charge in [0.1, 0.15) is 0 Å². The summed E-state index contributed by atoms with van der Waals surface area (Å²) in [6, 6.07) is 8.19. The smallest absolute Gasteiger partial charge is 0.229 e. The molecule has 2 rings (SSSR count). The van der Waals surface area contributed by atoms with Crippen molar-refractivity contribution >= 4 is 11.6 Å². The Morgan fingerprint density at radius 1 is 1.37 bits per heavy atom. The lowest BCUT2D eigenvalue weighted by atomic mass is 9.98. The zero-order valence-electron chi connectivity index (χ0n) is 11.9. The van der Waals surface area contributed by atoms with Gasteiger partial charge in [-0.25, -0.2) is 0 Å². The van der Waals surface area contributed by atoms with E-state index < -0.39 is 0 Å². The molecule has 19 heavy (non-hydrogen) atoms. The van der Waals surface area contributed by atoms with Crippen LogP contribution in [0.5, 0.6) is 0 Å². The molecule has 104 valence electrons. The van der Waals surface area contributed by atoms with Gasteiger partial charge in [0.05, 0.1) is 5.92 Å². The Bertz CT molecular complexity index is 427. The van der Waals surface area contributed by atoms with Crippen molar-refractivity contribution in [1.82, 2.24) is 0 Å². The SMILES string of the molecule is CCC(C)c1ccc(NC(=O)C2CCCC2N)cc1. The number of carbonyl (C=O) groups excluding carboxylic acids is 1. The highest BCUT2D eigenvalue weighted by molar-refractivity contribution is 5.93. The number of anilines is 1. The maximum absolute atomic E-state index is 12.1. The normalized spacial score (nSPS) is 24.2. The summed E-state index contributed by atoms with van der Waals surface area (Å²) in [7, 11) is 0. The van der Waals surface area contributed by atoms with Gasteiger partial charge in [-0.05, 0) is 42.9 Å². The second-order valence-electron chi connectivity index (χ2n) is 5.62. The molecule has 3 heteroatoms. The van der Waals surface area contributed by atoms with E-state index in [0.29, 0.717) is 5.92 Å². The van der Waals surface area contributed by atoms with Gasteiger partial charge >= 0.3 is 0 Å². The van der Waals surface area contributed by atoms with Crippen molar-refractivity contribution in [2.75, 3.05) is 5.32 Å². The van der Waals surface area contributed by atoms with Gasteiger partial charge in [-0.15, -0.1) is 0 Å². The van der Waals surface area contributed by atoms with Crippen molar-refractivity contribution in [1.29, 1.82) is 0 Å². The molecule has 1 aromatic rings. The van der Waals surface area contributed by atoms with Crippen LogP contribution in [0.25, 0.3) is 0 Å². The number of amides is 1. The summed E-state index contributed by atoms with van der Waals surface area (Å²) in [5, 5.41) is 2.98. The molecule has 0 saturated heterocycles. The van der Waals surface area contributed by atoms with Crippen LogP contribution in [0, 0.1) is 5.92 Å². The molecular formula is C16H24N2O. The second-order valence-corrected chi connectivity index (χ2v) is 5.62. The molecule has 3 unspecified atom stereocenters. The lowest BCUT2D eigenvalue weighted by molar-refractivity contribution is -0.120. The van der Waals surface area contributed by atoms with Crippen LogP contribution in [-0.4, -0.2) is 11.9 Å². The molecular weight excluding hydrogens is 236 g/mol. The first-order valence-corrected chi connectivity index (χ1v) is 7.28. The molecule has 0 aromatic heterocycles. The van der Waals surface area contributed by atoms with Crippen LogP contribution in [0.2, 0.25) is 0 Å². The molecule has 3 nitrogen and oxygen atoms in total. The predicted octanol–water partition coefficient (Wildman–Crippen LogP) is 3.27. The topological polar surface area (TPSA) is 55.1 Å². The first kappa shape index (κ1) is 14.1. The molecule has 1 aliphatic carbocycles. The second kappa shape index (κ2) is 6.20. The van der Waals surface area contributed by atoms with Gasteiger partial charge in [0.15, 0.2) is 0 Å². The largest absolute Gasteiger partial charge is 0.327 e. The van der Waals surface area contributed by atoms with Gasteiger partial charge in [-0.1, -0.05) is 32.4 Å². The fourth-order valence-electron chi connectivity index (χ4n) is 2.68. The van der Waals surface area contributed by atoms with Gasteiger partial charge in [-0.3, -0.25) is 4.79 Å². The van der Waals surface area contributed by atoms with Crippen LogP contribution in [-0.2, 0) is 4.79 Å². The molecule has 1 amide bonds. The van der Waals surface area contributed by atoms with Crippen LogP contribution < -0.4 is 11.1 Å². The summed E-state index contributed by atoms with van der Waals surface area (Å²) >= 11 is 0. The lowest BCUT2D eigenvalue weighted by Gasteiger charge is -2.16. The molecule has 1 aromatic carbocycles. The van der Waals surface area contributed by atoms with Crippen molar-refractivity contribution in [3.05, 3.63) is 29.8 Å². The third-order valence-corrected chi connectivity index (χ3v) is 4.27. The van der Waals surface area contributed by atoms with E-state index >= 15 is 0 Å². The Morgan fingerprint density at radius 2 is 2.05 bits per heavy atom. The Hall–Kier alpha value is -1.35. The van der Waals surface area contributed by atoms with E-state index in [2.05, 4.69) is 31.3 Å². The van der Waals surface area contributed by atoms with E-state index in [-0.39, 0.29) is 17.9 Å². The Kier molecular flexibility index (Phi) is 4.59. The van der Waals surface area contributed by atoms with E-state index in [1.807, 2.05) is 12.1 Å². The molecule has 1 aliphatic rings. The number of rotatable bonds is 4. The minimum Gasteiger partial charge on any atom is -0.327 e. The molecule has 0 aliphatic heterocycles. The minimum absolute atomic E-state index is 0.0192. The van der Waals surface area contributed by atoms with Crippen molar-refractivity contribution in [2.45, 2.75) is 51.5 Å². The predicted molar refractivity (Wildman–Crippen MR) is 79.1 cm³/mol. The van der Waals surface area contributed by atoms with Crippen molar-refractivity contribution in [2.24, 2.45) is 11.7 Å². The van der Waals surface area contributed by atoms with E-state index in [0.717, 1.165) is 31.4 Å². The third-order valence-electron chi connectivity index (χ3n) is 4.27. The summed E-state index contributed by atoms with van der Waals surface area (Å²) in [6.45, 7) is 4.40. The molecule has 0 heterocycles. The molecule has 1 saturated carbocycles. The number of benzene rings is 1. The van der Waals surface area contributed by atoms with Crippen LogP contribution in [0.15, 0.2) is 24.3 Å². The van der Waals surface area contributed by atoms with Crippen molar-refractivity contribution < 1.29 is 4.79 Å². The number of carbonyl (C=O) groups is 1.